The number of allylic oxidation sites excluding steroid dienone is 1. The van der Waals surface area contributed by atoms with E-state index in [1.165, 1.54) is 6.42 Å². The van der Waals surface area contributed by atoms with Crippen LogP contribution >= 0.6 is 24.0 Å². The van der Waals surface area contributed by atoms with E-state index in [-0.39, 0.29) is 24.0 Å². The van der Waals surface area contributed by atoms with Crippen LogP contribution in [-0.4, -0.2) is 61.4 Å². The van der Waals surface area contributed by atoms with E-state index in [0.717, 1.165) is 77.2 Å². The van der Waals surface area contributed by atoms with Crippen molar-refractivity contribution in [2.75, 3.05) is 39.8 Å². The minimum absolute atomic E-state index is 0. The van der Waals surface area contributed by atoms with E-state index in [0.29, 0.717) is 5.91 Å². The molecule has 0 radical (unpaired) electrons. The molecule has 1 heterocycles. The molecule has 0 saturated carbocycles. The average molecular weight is 450 g/mol. The number of nitrogens with one attached hydrogen (secondary N) is 1. The second-order valence-electron chi connectivity index (χ2n) is 6.13. The predicted molar refractivity (Wildman–Crippen MR) is 113 cm³/mol. The number of nitrogens with zero attached hydrogens (tertiary/aromatic N) is 3. The van der Waals surface area contributed by atoms with E-state index in [2.05, 4.69) is 30.8 Å². The Labute approximate surface area is 165 Å². The number of rotatable bonds is 9. The van der Waals surface area contributed by atoms with Crippen molar-refractivity contribution in [3.63, 3.8) is 0 Å². The Morgan fingerprint density at radius 3 is 2.88 bits per heavy atom. The first-order valence-corrected chi connectivity index (χ1v) is 9.07. The molecule has 0 atom stereocenters. The average Bonchev–Trinajstić information content (AvgIpc) is 2.75. The highest BCUT2D eigenvalue weighted by molar-refractivity contribution is 14.0. The summed E-state index contributed by atoms with van der Waals surface area (Å²) in [6.07, 6.45) is 9.10. The molecule has 24 heavy (non-hydrogen) atoms. The highest BCUT2D eigenvalue weighted by Crippen LogP contribution is 2.11. The third-order valence-corrected chi connectivity index (χ3v) is 4.12. The van der Waals surface area contributed by atoms with E-state index in [9.17, 15) is 4.79 Å². The first-order chi connectivity index (χ1) is 11.2. The van der Waals surface area contributed by atoms with Crippen molar-refractivity contribution in [3.8, 4) is 0 Å². The lowest BCUT2D eigenvalue weighted by Gasteiger charge is -2.22. The van der Waals surface area contributed by atoms with Gasteiger partial charge in [0.1, 0.15) is 0 Å². The van der Waals surface area contributed by atoms with Gasteiger partial charge in [0.2, 0.25) is 5.91 Å². The molecule has 0 aromatic heterocycles. The molecule has 140 valence electrons. The Morgan fingerprint density at radius 1 is 1.38 bits per heavy atom. The SMILES string of the molecule is C=CCCCN(C)C(=NCCCN1CCCCCC1=O)NCC.I. The van der Waals surface area contributed by atoms with Crippen molar-refractivity contribution in [2.24, 2.45) is 4.99 Å². The van der Waals surface area contributed by atoms with Crippen LogP contribution < -0.4 is 5.32 Å². The molecule has 0 spiro atoms. The van der Waals surface area contributed by atoms with Gasteiger partial charge in [0.25, 0.3) is 0 Å². The molecule has 6 heteroatoms. The van der Waals surface area contributed by atoms with E-state index in [4.69, 9.17) is 4.99 Å². The number of halogens is 1. The fourth-order valence-electron chi connectivity index (χ4n) is 2.77. The van der Waals surface area contributed by atoms with Crippen LogP contribution in [-0.2, 0) is 4.79 Å². The maximum Gasteiger partial charge on any atom is 0.222 e. The lowest BCUT2D eigenvalue weighted by molar-refractivity contribution is -0.130. The standard InChI is InChI=1S/C18H34N4O.HI/c1-4-6-9-14-21(3)18(19-5-2)20-13-11-16-22-15-10-7-8-12-17(22)23;/h4H,1,5-16H2,2-3H3,(H,19,20);1H. The molecule has 0 unspecified atom stereocenters. The van der Waals surface area contributed by atoms with Crippen LogP contribution in [0.1, 0.15) is 51.9 Å². The van der Waals surface area contributed by atoms with Gasteiger partial charge in [-0.05, 0) is 39.0 Å². The van der Waals surface area contributed by atoms with E-state index in [1.54, 1.807) is 0 Å². The Bertz CT molecular complexity index is 387. The molecule has 1 amide bonds. The summed E-state index contributed by atoms with van der Waals surface area (Å²) in [4.78, 5) is 20.8. The van der Waals surface area contributed by atoms with Crippen molar-refractivity contribution < 1.29 is 4.79 Å². The highest BCUT2D eigenvalue weighted by Gasteiger charge is 2.15. The van der Waals surface area contributed by atoms with Crippen LogP contribution in [0.3, 0.4) is 0 Å². The Hall–Kier alpha value is -0.790. The van der Waals surface area contributed by atoms with Crippen molar-refractivity contribution in [3.05, 3.63) is 12.7 Å². The summed E-state index contributed by atoms with van der Waals surface area (Å²) < 4.78 is 0. The Kier molecular flexibility index (Phi) is 14.1. The number of aliphatic imine (C=N–C) groups is 1. The number of guanidine groups is 1. The van der Waals surface area contributed by atoms with Gasteiger partial charge in [-0.1, -0.05) is 12.5 Å². The van der Waals surface area contributed by atoms with Crippen LogP contribution in [0.25, 0.3) is 0 Å². The minimum atomic E-state index is 0. The fraction of sp³-hybridized carbons (Fsp3) is 0.778. The van der Waals surface area contributed by atoms with Crippen molar-refractivity contribution in [2.45, 2.75) is 51.9 Å². The summed E-state index contributed by atoms with van der Waals surface area (Å²) in [5, 5.41) is 3.34. The summed E-state index contributed by atoms with van der Waals surface area (Å²) >= 11 is 0. The van der Waals surface area contributed by atoms with E-state index in [1.807, 2.05) is 11.0 Å². The molecule has 1 fully saturated rings. The van der Waals surface area contributed by atoms with Gasteiger partial charge in [-0.25, -0.2) is 0 Å². The zero-order chi connectivity index (χ0) is 16.9. The highest BCUT2D eigenvalue weighted by atomic mass is 127. The van der Waals surface area contributed by atoms with Crippen molar-refractivity contribution >= 4 is 35.8 Å². The van der Waals surface area contributed by atoms with Gasteiger partial charge in [-0.3, -0.25) is 9.79 Å². The lowest BCUT2D eigenvalue weighted by atomic mass is 10.2. The van der Waals surface area contributed by atoms with Crippen molar-refractivity contribution in [1.29, 1.82) is 0 Å². The quantitative estimate of drug-likeness (QED) is 0.193. The van der Waals surface area contributed by atoms with Gasteiger partial charge in [0, 0.05) is 46.2 Å². The van der Waals surface area contributed by atoms with Gasteiger partial charge in [0.05, 0.1) is 0 Å². The molecule has 0 bridgehead atoms. The number of carbonyl (C=O) groups is 1. The summed E-state index contributed by atoms with van der Waals surface area (Å²) in [5.74, 6) is 1.28. The normalized spacial score (nSPS) is 15.5. The van der Waals surface area contributed by atoms with E-state index >= 15 is 0 Å². The molecule has 5 nitrogen and oxygen atoms in total. The first kappa shape index (κ1) is 23.2. The Balaban J connectivity index is 0.00000529. The maximum absolute atomic E-state index is 12.0. The van der Waals surface area contributed by atoms with Gasteiger partial charge < -0.3 is 15.1 Å². The molecule has 1 aliphatic rings. The van der Waals surface area contributed by atoms with Crippen LogP contribution in [0.5, 0.6) is 0 Å². The molecular weight excluding hydrogens is 415 g/mol. The van der Waals surface area contributed by atoms with Crippen molar-refractivity contribution in [1.82, 2.24) is 15.1 Å². The third-order valence-electron chi connectivity index (χ3n) is 4.12. The maximum atomic E-state index is 12.0. The second-order valence-corrected chi connectivity index (χ2v) is 6.13. The van der Waals surface area contributed by atoms with Crippen LogP contribution in [0, 0.1) is 0 Å². The summed E-state index contributed by atoms with van der Waals surface area (Å²) in [7, 11) is 2.07. The van der Waals surface area contributed by atoms with Crippen LogP contribution in [0.15, 0.2) is 17.6 Å². The topological polar surface area (TPSA) is 47.9 Å². The third kappa shape index (κ3) is 9.49. The van der Waals surface area contributed by atoms with E-state index < -0.39 is 0 Å². The summed E-state index contributed by atoms with van der Waals surface area (Å²) in [6.45, 7) is 10.2. The minimum Gasteiger partial charge on any atom is -0.357 e. The predicted octanol–water partition coefficient (Wildman–Crippen LogP) is 3.26. The smallest absolute Gasteiger partial charge is 0.222 e. The number of unbranched alkanes of at least 4 members (excludes halogenated alkanes) is 1. The number of hydrogen-bond donors (Lipinski definition) is 1. The van der Waals surface area contributed by atoms with Crippen LogP contribution in [0.2, 0.25) is 0 Å². The molecule has 1 aliphatic heterocycles. The molecule has 0 aliphatic carbocycles. The lowest BCUT2D eigenvalue weighted by Crippen LogP contribution is -2.39. The number of hydrogen-bond acceptors (Lipinski definition) is 2. The summed E-state index contributed by atoms with van der Waals surface area (Å²) in [5.41, 5.74) is 0. The largest absolute Gasteiger partial charge is 0.357 e. The molecule has 1 N–H and O–H groups in total. The zero-order valence-electron chi connectivity index (χ0n) is 15.4. The molecular formula is C18H35IN4O. The first-order valence-electron chi connectivity index (χ1n) is 9.07. The van der Waals surface area contributed by atoms with Gasteiger partial charge in [0.15, 0.2) is 5.96 Å². The molecule has 0 aromatic carbocycles. The van der Waals surface area contributed by atoms with Gasteiger partial charge in [-0.2, -0.15) is 0 Å². The van der Waals surface area contributed by atoms with Gasteiger partial charge >= 0.3 is 0 Å². The van der Waals surface area contributed by atoms with Crippen LogP contribution in [0.4, 0.5) is 0 Å². The number of amides is 1. The van der Waals surface area contributed by atoms with Gasteiger partial charge in [-0.15, -0.1) is 30.6 Å². The Morgan fingerprint density at radius 2 is 2.17 bits per heavy atom. The molecule has 1 saturated heterocycles. The molecule has 1 rings (SSSR count). The summed E-state index contributed by atoms with van der Waals surface area (Å²) in [6, 6.07) is 0. The monoisotopic (exact) mass is 450 g/mol. The zero-order valence-corrected chi connectivity index (χ0v) is 17.8. The number of carbonyl (C=O) groups excluding carboxylic acids is 1. The fourth-order valence-corrected chi connectivity index (χ4v) is 2.77. The second kappa shape index (κ2) is 14.5. The molecule has 0 aromatic rings. The number of likely N-dealkylation sites (tertiary alicyclic amines) is 1.